The van der Waals surface area contributed by atoms with Gasteiger partial charge in [-0.05, 0) is 32.4 Å². The Hall–Kier alpha value is -2.21. The molecule has 0 aliphatic carbocycles. The van der Waals surface area contributed by atoms with Crippen LogP contribution in [0.15, 0.2) is 23.6 Å². The highest BCUT2D eigenvalue weighted by Crippen LogP contribution is 2.23. The third-order valence-corrected chi connectivity index (χ3v) is 4.37. The Balaban J connectivity index is 2.08. The number of aryl methyl sites for hydroxylation is 2. The Bertz CT molecular complexity index is 709. The van der Waals surface area contributed by atoms with Crippen molar-refractivity contribution in [2.45, 2.75) is 33.1 Å². The molecule has 2 aromatic rings. The third kappa shape index (κ3) is 3.92. The van der Waals surface area contributed by atoms with Gasteiger partial charge < -0.3 is 15.2 Å². The highest BCUT2D eigenvalue weighted by Gasteiger charge is 2.19. The summed E-state index contributed by atoms with van der Waals surface area (Å²) in [6, 6.07) is 5.81. The molecule has 0 bridgehead atoms. The molecular weight excluding hydrogens is 300 g/mol. The zero-order chi connectivity index (χ0) is 16.3. The van der Waals surface area contributed by atoms with Crippen molar-refractivity contribution < 1.29 is 14.7 Å². The van der Waals surface area contributed by atoms with E-state index in [4.69, 9.17) is 0 Å². The van der Waals surface area contributed by atoms with Crippen molar-refractivity contribution in [3.63, 3.8) is 0 Å². The largest absolute Gasteiger partial charge is 0.550 e. The SMILES string of the molecule is Cc1ccc(NC(=O)[C@@H](C)c2nc(CC(=O)[O-])cs2)c(C)c1. The lowest BCUT2D eigenvalue weighted by atomic mass is 10.1. The van der Waals surface area contributed by atoms with Crippen LogP contribution in [-0.2, 0) is 16.0 Å². The first kappa shape index (κ1) is 16.2. The molecule has 0 spiro atoms. The lowest BCUT2D eigenvalue weighted by molar-refractivity contribution is -0.304. The fraction of sp³-hybridized carbons (Fsp3) is 0.312. The van der Waals surface area contributed by atoms with Crippen molar-refractivity contribution >= 4 is 28.9 Å². The first-order valence-corrected chi connectivity index (χ1v) is 7.77. The minimum atomic E-state index is -1.18. The molecule has 1 heterocycles. The molecule has 1 N–H and O–H groups in total. The number of carboxylic acid groups (broad SMARTS) is 1. The van der Waals surface area contributed by atoms with E-state index in [1.54, 1.807) is 12.3 Å². The van der Waals surface area contributed by atoms with Crippen molar-refractivity contribution in [1.82, 2.24) is 4.98 Å². The van der Waals surface area contributed by atoms with E-state index in [9.17, 15) is 14.7 Å². The van der Waals surface area contributed by atoms with Crippen molar-refractivity contribution in [1.29, 1.82) is 0 Å². The normalized spacial score (nSPS) is 12.0. The number of aromatic nitrogens is 1. The second kappa shape index (κ2) is 6.70. The fourth-order valence-electron chi connectivity index (χ4n) is 2.06. The zero-order valence-corrected chi connectivity index (χ0v) is 13.5. The van der Waals surface area contributed by atoms with Crippen LogP contribution in [-0.4, -0.2) is 16.9 Å². The van der Waals surface area contributed by atoms with Crippen molar-refractivity contribution in [2.24, 2.45) is 0 Å². The molecular formula is C16H17N2O3S-. The predicted molar refractivity (Wildman–Crippen MR) is 83.8 cm³/mol. The molecule has 116 valence electrons. The van der Waals surface area contributed by atoms with Crippen LogP contribution in [0.3, 0.4) is 0 Å². The predicted octanol–water partition coefficient (Wildman–Crippen LogP) is 1.79. The van der Waals surface area contributed by atoms with E-state index in [1.807, 2.05) is 32.0 Å². The van der Waals surface area contributed by atoms with Crippen LogP contribution in [0.5, 0.6) is 0 Å². The summed E-state index contributed by atoms with van der Waals surface area (Å²) in [6.45, 7) is 5.69. The lowest BCUT2D eigenvalue weighted by Gasteiger charge is -2.12. The second-order valence-electron chi connectivity index (χ2n) is 5.26. The maximum atomic E-state index is 12.3. The number of amides is 1. The van der Waals surface area contributed by atoms with E-state index >= 15 is 0 Å². The van der Waals surface area contributed by atoms with Gasteiger partial charge in [0.1, 0.15) is 5.01 Å². The van der Waals surface area contributed by atoms with Gasteiger partial charge >= 0.3 is 0 Å². The molecule has 0 saturated heterocycles. The quantitative estimate of drug-likeness (QED) is 0.911. The minimum Gasteiger partial charge on any atom is -0.550 e. The summed E-state index contributed by atoms with van der Waals surface area (Å²) >= 11 is 1.28. The van der Waals surface area contributed by atoms with Crippen LogP contribution in [0, 0.1) is 13.8 Å². The van der Waals surface area contributed by atoms with Gasteiger partial charge in [0.25, 0.3) is 0 Å². The molecule has 1 amide bonds. The van der Waals surface area contributed by atoms with E-state index in [2.05, 4.69) is 10.3 Å². The molecule has 22 heavy (non-hydrogen) atoms. The molecule has 0 unspecified atom stereocenters. The van der Waals surface area contributed by atoms with Crippen LogP contribution in [0.25, 0.3) is 0 Å². The van der Waals surface area contributed by atoms with E-state index in [0.717, 1.165) is 16.8 Å². The molecule has 0 aliphatic rings. The molecule has 2 rings (SSSR count). The highest BCUT2D eigenvalue weighted by molar-refractivity contribution is 7.09. The van der Waals surface area contributed by atoms with Crippen LogP contribution >= 0.6 is 11.3 Å². The lowest BCUT2D eigenvalue weighted by Crippen LogP contribution is -2.24. The Morgan fingerprint density at radius 1 is 1.36 bits per heavy atom. The van der Waals surface area contributed by atoms with Gasteiger partial charge in [-0.25, -0.2) is 4.98 Å². The Kier molecular flexibility index (Phi) is 4.92. The number of thiazole rings is 1. The summed E-state index contributed by atoms with van der Waals surface area (Å²) < 4.78 is 0. The summed E-state index contributed by atoms with van der Waals surface area (Å²) in [6.07, 6.45) is -0.234. The molecule has 0 fully saturated rings. The standard InChI is InChI=1S/C16H18N2O3S/c1-9-4-5-13(10(2)6-9)18-15(21)11(3)16-17-12(8-22-16)7-14(19)20/h4-6,8,11H,7H2,1-3H3,(H,18,21)(H,19,20)/p-1/t11-/m1/s1. The number of nitrogens with one attached hydrogen (secondary N) is 1. The first-order valence-electron chi connectivity index (χ1n) is 6.89. The molecule has 5 nitrogen and oxygen atoms in total. The summed E-state index contributed by atoms with van der Waals surface area (Å²) in [5.74, 6) is -1.79. The smallest absolute Gasteiger partial charge is 0.234 e. The van der Waals surface area contributed by atoms with Gasteiger partial charge in [0, 0.05) is 23.5 Å². The van der Waals surface area contributed by atoms with Gasteiger partial charge in [0.2, 0.25) is 5.91 Å². The number of anilines is 1. The van der Waals surface area contributed by atoms with Crippen LogP contribution in [0.4, 0.5) is 5.69 Å². The summed E-state index contributed by atoms with van der Waals surface area (Å²) in [5, 5.41) is 15.7. The number of nitrogens with zero attached hydrogens (tertiary/aromatic N) is 1. The molecule has 0 aliphatic heterocycles. The maximum absolute atomic E-state index is 12.3. The van der Waals surface area contributed by atoms with E-state index in [1.165, 1.54) is 11.3 Å². The van der Waals surface area contributed by atoms with Crippen LogP contribution in [0.2, 0.25) is 0 Å². The van der Waals surface area contributed by atoms with Crippen molar-refractivity contribution in [3.05, 3.63) is 45.4 Å². The number of benzene rings is 1. The van der Waals surface area contributed by atoms with Gasteiger partial charge in [-0.2, -0.15) is 0 Å². The molecule has 1 aromatic carbocycles. The number of carboxylic acids is 1. The molecule has 0 radical (unpaired) electrons. The van der Waals surface area contributed by atoms with E-state index < -0.39 is 11.9 Å². The minimum absolute atomic E-state index is 0.165. The number of carbonyl (C=O) groups is 2. The third-order valence-electron chi connectivity index (χ3n) is 3.30. The topological polar surface area (TPSA) is 82.1 Å². The highest BCUT2D eigenvalue weighted by atomic mass is 32.1. The van der Waals surface area contributed by atoms with Gasteiger partial charge in [-0.1, -0.05) is 17.7 Å². The van der Waals surface area contributed by atoms with E-state index in [-0.39, 0.29) is 12.3 Å². The first-order chi connectivity index (χ1) is 10.4. The summed E-state index contributed by atoms with van der Waals surface area (Å²) in [4.78, 5) is 27.1. The summed E-state index contributed by atoms with van der Waals surface area (Å²) in [7, 11) is 0. The van der Waals surface area contributed by atoms with Crippen LogP contribution in [0.1, 0.15) is 34.7 Å². The van der Waals surface area contributed by atoms with Gasteiger partial charge in [-0.15, -0.1) is 11.3 Å². The number of aliphatic carboxylic acids is 1. The second-order valence-corrected chi connectivity index (χ2v) is 6.14. The molecule has 0 saturated carbocycles. The fourth-order valence-corrected chi connectivity index (χ4v) is 2.93. The number of hydrogen-bond acceptors (Lipinski definition) is 5. The molecule has 6 heteroatoms. The van der Waals surface area contributed by atoms with Crippen molar-refractivity contribution in [2.75, 3.05) is 5.32 Å². The number of carbonyl (C=O) groups excluding carboxylic acids is 2. The average molecular weight is 317 g/mol. The Morgan fingerprint density at radius 2 is 2.09 bits per heavy atom. The number of hydrogen-bond donors (Lipinski definition) is 1. The zero-order valence-electron chi connectivity index (χ0n) is 12.7. The average Bonchev–Trinajstić information content (AvgIpc) is 2.88. The Labute approximate surface area is 133 Å². The van der Waals surface area contributed by atoms with Gasteiger partial charge in [0.15, 0.2) is 0 Å². The Morgan fingerprint density at radius 3 is 2.73 bits per heavy atom. The molecule has 1 atom stereocenters. The van der Waals surface area contributed by atoms with Crippen molar-refractivity contribution in [3.8, 4) is 0 Å². The summed E-state index contributed by atoms with van der Waals surface area (Å²) in [5.41, 5.74) is 3.33. The van der Waals surface area contributed by atoms with Gasteiger partial charge in [-0.3, -0.25) is 4.79 Å². The monoisotopic (exact) mass is 317 g/mol. The van der Waals surface area contributed by atoms with Gasteiger partial charge in [0.05, 0.1) is 11.6 Å². The van der Waals surface area contributed by atoms with Crippen LogP contribution < -0.4 is 10.4 Å². The number of rotatable bonds is 5. The molecule has 1 aromatic heterocycles. The maximum Gasteiger partial charge on any atom is 0.234 e. The van der Waals surface area contributed by atoms with E-state index in [0.29, 0.717) is 10.7 Å².